The minimum atomic E-state index is -4.48. The van der Waals surface area contributed by atoms with Crippen LogP contribution in [-0.4, -0.2) is 14.4 Å². The summed E-state index contributed by atoms with van der Waals surface area (Å²) in [6.07, 6.45) is -4.48. The van der Waals surface area contributed by atoms with E-state index in [0.717, 1.165) is 24.3 Å². The molecule has 2 aromatic carbocycles. The summed E-state index contributed by atoms with van der Waals surface area (Å²) in [5.41, 5.74) is -0.800. The fourth-order valence-electron chi connectivity index (χ4n) is 1.85. The molecule has 6 nitrogen and oxygen atoms in total. The van der Waals surface area contributed by atoms with E-state index >= 15 is 0 Å². The van der Waals surface area contributed by atoms with Gasteiger partial charge in [0.05, 0.1) is 11.3 Å². The van der Waals surface area contributed by atoms with Crippen molar-refractivity contribution < 1.29 is 26.4 Å². The molecule has 0 atom stereocenters. The first-order chi connectivity index (χ1) is 11.1. The van der Waals surface area contributed by atoms with Gasteiger partial charge in [-0.1, -0.05) is 12.1 Å². The van der Waals surface area contributed by atoms with Gasteiger partial charge in [-0.05, 0) is 36.4 Å². The third-order valence-corrected chi connectivity index (χ3v) is 3.88. The van der Waals surface area contributed by atoms with Gasteiger partial charge in [0.15, 0.2) is 0 Å². The molecule has 2 rings (SSSR count). The van der Waals surface area contributed by atoms with Crippen LogP contribution in [0.3, 0.4) is 0 Å². The molecule has 0 fully saturated rings. The summed E-state index contributed by atoms with van der Waals surface area (Å²) in [6, 6.07) is 8.41. The molecule has 4 N–H and O–H groups in total. The molecule has 0 radical (unpaired) electrons. The highest BCUT2D eigenvalue weighted by molar-refractivity contribution is 7.89. The van der Waals surface area contributed by atoms with E-state index in [1.54, 1.807) is 0 Å². The van der Waals surface area contributed by atoms with Gasteiger partial charge in [-0.15, -0.1) is 0 Å². The first-order valence-corrected chi connectivity index (χ1v) is 7.99. The molecule has 0 unspecified atom stereocenters. The minimum absolute atomic E-state index is 0.0515. The fourth-order valence-corrected chi connectivity index (χ4v) is 2.54. The molecule has 0 heterocycles. The van der Waals surface area contributed by atoms with E-state index < -0.39 is 27.8 Å². The number of primary sulfonamides is 1. The number of carbonyl (C=O) groups excluding carboxylic acids is 1. The van der Waals surface area contributed by atoms with Crippen LogP contribution in [0.15, 0.2) is 53.4 Å². The first-order valence-electron chi connectivity index (χ1n) is 6.44. The molecule has 0 aliphatic rings. The highest BCUT2D eigenvalue weighted by Crippen LogP contribution is 2.29. The summed E-state index contributed by atoms with van der Waals surface area (Å²) in [7, 11) is -4.04. The third kappa shape index (κ3) is 4.46. The highest BCUT2D eigenvalue weighted by Gasteiger charge is 2.30. The molecule has 0 saturated carbocycles. The van der Waals surface area contributed by atoms with E-state index in [1.807, 2.05) is 0 Å². The predicted octanol–water partition coefficient (Wildman–Crippen LogP) is 3.00. The molecule has 0 aliphatic carbocycles. The van der Waals surface area contributed by atoms with Crippen LogP contribution >= 0.6 is 0 Å². The topological polar surface area (TPSA) is 101 Å². The van der Waals surface area contributed by atoms with Crippen molar-refractivity contribution in [1.82, 2.24) is 0 Å². The van der Waals surface area contributed by atoms with Crippen LogP contribution in [0.1, 0.15) is 5.56 Å². The summed E-state index contributed by atoms with van der Waals surface area (Å²) in [5.74, 6) is 0. The number of rotatable bonds is 3. The molecule has 2 amide bonds. The second-order valence-electron chi connectivity index (χ2n) is 4.70. The van der Waals surface area contributed by atoms with Crippen molar-refractivity contribution in [3.05, 3.63) is 54.1 Å². The Morgan fingerprint density at radius 2 is 1.54 bits per heavy atom. The zero-order valence-corrected chi connectivity index (χ0v) is 12.8. The second-order valence-corrected chi connectivity index (χ2v) is 6.23. The molecule has 0 saturated heterocycles. The Hall–Kier alpha value is -2.59. The predicted molar refractivity (Wildman–Crippen MR) is 81.9 cm³/mol. The van der Waals surface area contributed by atoms with Gasteiger partial charge in [0.1, 0.15) is 4.90 Å². The molecular weight excluding hydrogens is 347 g/mol. The maximum Gasteiger partial charge on any atom is 0.416 e. The van der Waals surface area contributed by atoms with Gasteiger partial charge in [-0.25, -0.2) is 18.4 Å². The Morgan fingerprint density at radius 1 is 0.958 bits per heavy atom. The van der Waals surface area contributed by atoms with E-state index in [9.17, 15) is 26.4 Å². The molecule has 128 valence electrons. The van der Waals surface area contributed by atoms with E-state index in [2.05, 4.69) is 10.6 Å². The summed E-state index contributed by atoms with van der Waals surface area (Å²) < 4.78 is 60.2. The summed E-state index contributed by atoms with van der Waals surface area (Å²) in [5, 5.41) is 9.61. The number of halogens is 3. The Bertz CT molecular complexity index is 850. The van der Waals surface area contributed by atoms with Gasteiger partial charge in [0, 0.05) is 5.69 Å². The van der Waals surface area contributed by atoms with Gasteiger partial charge in [0.2, 0.25) is 10.0 Å². The lowest BCUT2D eigenvalue weighted by Gasteiger charge is -2.11. The molecule has 24 heavy (non-hydrogen) atoms. The molecule has 0 spiro atoms. The monoisotopic (exact) mass is 359 g/mol. The van der Waals surface area contributed by atoms with Gasteiger partial charge in [-0.3, -0.25) is 0 Å². The van der Waals surface area contributed by atoms with Crippen molar-refractivity contribution in [3.8, 4) is 0 Å². The van der Waals surface area contributed by atoms with Crippen LogP contribution in [0.25, 0.3) is 0 Å². The number of para-hydroxylation sites is 1. The van der Waals surface area contributed by atoms with Crippen molar-refractivity contribution in [3.63, 3.8) is 0 Å². The molecule has 0 aliphatic heterocycles. The number of amides is 2. The van der Waals surface area contributed by atoms with E-state index in [4.69, 9.17) is 5.14 Å². The third-order valence-electron chi connectivity index (χ3n) is 2.91. The lowest BCUT2D eigenvalue weighted by atomic mass is 10.2. The van der Waals surface area contributed by atoms with E-state index in [0.29, 0.717) is 0 Å². The highest BCUT2D eigenvalue weighted by atomic mass is 32.2. The first kappa shape index (κ1) is 17.8. The number of sulfonamides is 1. The molecular formula is C14H12F3N3O3S. The Labute approximate surface area is 135 Å². The van der Waals surface area contributed by atoms with Gasteiger partial charge >= 0.3 is 12.2 Å². The van der Waals surface area contributed by atoms with Crippen LogP contribution in [-0.2, 0) is 16.2 Å². The van der Waals surface area contributed by atoms with Gasteiger partial charge in [-0.2, -0.15) is 13.2 Å². The van der Waals surface area contributed by atoms with Crippen LogP contribution < -0.4 is 15.8 Å². The van der Waals surface area contributed by atoms with Crippen molar-refractivity contribution in [1.29, 1.82) is 0 Å². The normalized spacial score (nSPS) is 11.8. The molecule has 0 aromatic heterocycles. The number of nitrogens with one attached hydrogen (secondary N) is 2. The van der Waals surface area contributed by atoms with Crippen LogP contribution in [0.4, 0.5) is 29.3 Å². The second kappa shape index (κ2) is 6.49. The van der Waals surface area contributed by atoms with E-state index in [-0.39, 0.29) is 16.3 Å². The minimum Gasteiger partial charge on any atom is -0.308 e. The van der Waals surface area contributed by atoms with Crippen LogP contribution in [0.5, 0.6) is 0 Å². The van der Waals surface area contributed by atoms with Crippen molar-refractivity contribution >= 4 is 27.4 Å². The number of carbonyl (C=O) groups is 1. The smallest absolute Gasteiger partial charge is 0.308 e. The zero-order chi connectivity index (χ0) is 18.0. The standard InChI is InChI=1S/C14H12F3N3O3S/c15-14(16,17)9-5-7-10(8-6-9)19-13(21)20-11-3-1-2-4-12(11)24(18,22)23/h1-8H,(H2,18,22,23)(H2,19,20,21). The Morgan fingerprint density at radius 3 is 2.08 bits per heavy atom. The number of alkyl halides is 3. The average Bonchev–Trinajstić information content (AvgIpc) is 2.46. The summed E-state index contributed by atoms with van der Waals surface area (Å²) in [4.78, 5) is 11.6. The van der Waals surface area contributed by atoms with Crippen LogP contribution in [0, 0.1) is 0 Å². The quantitative estimate of drug-likeness (QED) is 0.785. The maximum absolute atomic E-state index is 12.5. The fraction of sp³-hybridized carbons (Fsp3) is 0.0714. The number of hydrogen-bond acceptors (Lipinski definition) is 3. The summed E-state index contributed by atoms with van der Waals surface area (Å²) in [6.45, 7) is 0. The van der Waals surface area contributed by atoms with Crippen molar-refractivity contribution in [2.75, 3.05) is 10.6 Å². The Kier molecular flexibility index (Phi) is 4.81. The largest absolute Gasteiger partial charge is 0.416 e. The number of urea groups is 1. The zero-order valence-electron chi connectivity index (χ0n) is 12.0. The lowest BCUT2D eigenvalue weighted by molar-refractivity contribution is -0.137. The number of hydrogen-bond donors (Lipinski definition) is 3. The lowest BCUT2D eigenvalue weighted by Crippen LogP contribution is -2.22. The molecule has 0 bridgehead atoms. The van der Waals surface area contributed by atoms with E-state index in [1.165, 1.54) is 24.3 Å². The maximum atomic E-state index is 12.5. The average molecular weight is 359 g/mol. The Balaban J connectivity index is 2.12. The number of anilines is 2. The van der Waals surface area contributed by atoms with Crippen LogP contribution in [0.2, 0.25) is 0 Å². The molecule has 2 aromatic rings. The number of nitrogens with two attached hydrogens (primary N) is 1. The van der Waals surface area contributed by atoms with Gasteiger partial charge in [0.25, 0.3) is 0 Å². The van der Waals surface area contributed by atoms with Crippen molar-refractivity contribution in [2.24, 2.45) is 5.14 Å². The number of benzene rings is 2. The van der Waals surface area contributed by atoms with Gasteiger partial charge < -0.3 is 10.6 Å². The summed E-state index contributed by atoms with van der Waals surface area (Å²) >= 11 is 0. The van der Waals surface area contributed by atoms with Crippen molar-refractivity contribution in [2.45, 2.75) is 11.1 Å². The molecule has 10 heteroatoms. The SMILES string of the molecule is NS(=O)(=O)c1ccccc1NC(=O)Nc1ccc(C(F)(F)F)cc1.